The fourth-order valence-corrected chi connectivity index (χ4v) is 3.14. The van der Waals surface area contributed by atoms with Crippen molar-refractivity contribution in [3.8, 4) is 0 Å². The number of likely N-dealkylation sites (tertiary alicyclic amines) is 1. The van der Waals surface area contributed by atoms with Gasteiger partial charge in [-0.3, -0.25) is 0 Å². The molecule has 0 aliphatic carbocycles. The number of rotatable bonds is 4. The average molecular weight is 247 g/mol. The first-order valence-electron chi connectivity index (χ1n) is 6.84. The first kappa shape index (κ1) is 13.4. The molecule has 3 nitrogen and oxygen atoms in total. The Morgan fingerprint density at radius 3 is 2.72 bits per heavy atom. The van der Waals surface area contributed by atoms with Crippen LogP contribution in [0.25, 0.3) is 0 Å². The summed E-state index contributed by atoms with van der Waals surface area (Å²) < 4.78 is 0. The Hall–Kier alpha value is -1.06. The lowest BCUT2D eigenvalue weighted by atomic mass is 9.95. The van der Waals surface area contributed by atoms with Crippen molar-refractivity contribution in [1.82, 2.24) is 4.90 Å². The van der Waals surface area contributed by atoms with Gasteiger partial charge in [0.05, 0.1) is 5.54 Å². The van der Waals surface area contributed by atoms with E-state index in [0.717, 1.165) is 32.6 Å². The van der Waals surface area contributed by atoms with Gasteiger partial charge in [0.2, 0.25) is 0 Å². The molecule has 18 heavy (non-hydrogen) atoms. The summed E-state index contributed by atoms with van der Waals surface area (Å²) in [6.45, 7) is 8.30. The Bertz CT molecular complexity index is 404. The summed E-state index contributed by atoms with van der Waals surface area (Å²) in [6.07, 6.45) is 1.15. The quantitative estimate of drug-likeness (QED) is 0.881. The predicted molar refractivity (Wildman–Crippen MR) is 78.1 cm³/mol. The number of aryl methyl sites for hydroxylation is 1. The van der Waals surface area contributed by atoms with Gasteiger partial charge in [0.1, 0.15) is 0 Å². The van der Waals surface area contributed by atoms with Crippen LogP contribution >= 0.6 is 0 Å². The zero-order chi connectivity index (χ0) is 13.2. The van der Waals surface area contributed by atoms with Crippen LogP contribution in [-0.4, -0.2) is 43.7 Å². The zero-order valence-electron chi connectivity index (χ0n) is 11.8. The van der Waals surface area contributed by atoms with Crippen molar-refractivity contribution in [2.75, 3.05) is 38.1 Å². The van der Waals surface area contributed by atoms with E-state index >= 15 is 0 Å². The van der Waals surface area contributed by atoms with Crippen molar-refractivity contribution in [3.05, 3.63) is 29.8 Å². The van der Waals surface area contributed by atoms with Gasteiger partial charge in [-0.05, 0) is 45.0 Å². The first-order valence-corrected chi connectivity index (χ1v) is 6.84. The summed E-state index contributed by atoms with van der Waals surface area (Å²) in [5.41, 5.74) is 8.84. The van der Waals surface area contributed by atoms with Crippen LogP contribution in [0, 0.1) is 6.92 Å². The first-order chi connectivity index (χ1) is 8.61. The van der Waals surface area contributed by atoms with Gasteiger partial charge in [-0.2, -0.15) is 0 Å². The number of anilines is 1. The molecule has 0 aromatic heterocycles. The lowest BCUT2D eigenvalue weighted by molar-refractivity contribution is 0.357. The average Bonchev–Trinajstić information content (AvgIpc) is 2.73. The minimum atomic E-state index is 0.108. The fourth-order valence-electron chi connectivity index (χ4n) is 3.14. The Morgan fingerprint density at radius 1 is 1.44 bits per heavy atom. The highest BCUT2D eigenvalue weighted by atomic mass is 15.3. The number of hydrogen-bond acceptors (Lipinski definition) is 3. The fraction of sp³-hybridized carbons (Fsp3) is 0.600. The standard InChI is InChI=1S/C15H25N3/c1-4-18(14-7-5-6-13(2)10-14)15(11-16)8-9-17(3)12-15/h5-7,10H,4,8-9,11-12,16H2,1-3H3. The molecule has 100 valence electrons. The molecule has 1 aromatic rings. The molecular weight excluding hydrogens is 222 g/mol. The monoisotopic (exact) mass is 247 g/mol. The number of likely N-dealkylation sites (N-methyl/N-ethyl adjacent to an activating group) is 2. The van der Waals surface area contributed by atoms with Crippen LogP contribution in [0.15, 0.2) is 24.3 Å². The van der Waals surface area contributed by atoms with Gasteiger partial charge in [0.25, 0.3) is 0 Å². The maximum Gasteiger partial charge on any atom is 0.0662 e. The van der Waals surface area contributed by atoms with Crippen LogP contribution in [0.4, 0.5) is 5.69 Å². The largest absolute Gasteiger partial charge is 0.364 e. The molecule has 2 N–H and O–H groups in total. The maximum absolute atomic E-state index is 6.11. The molecule has 1 fully saturated rings. The van der Waals surface area contributed by atoms with E-state index < -0.39 is 0 Å². The third-order valence-electron chi connectivity index (χ3n) is 4.11. The van der Waals surface area contributed by atoms with E-state index in [1.54, 1.807) is 0 Å². The van der Waals surface area contributed by atoms with Crippen molar-refractivity contribution in [3.63, 3.8) is 0 Å². The molecule has 2 rings (SSSR count). The van der Waals surface area contributed by atoms with E-state index in [-0.39, 0.29) is 5.54 Å². The van der Waals surface area contributed by atoms with Crippen molar-refractivity contribution >= 4 is 5.69 Å². The Morgan fingerprint density at radius 2 is 2.22 bits per heavy atom. The molecule has 0 radical (unpaired) electrons. The topological polar surface area (TPSA) is 32.5 Å². The lowest BCUT2D eigenvalue weighted by Crippen LogP contribution is -2.55. The van der Waals surface area contributed by atoms with Gasteiger partial charge in [-0.15, -0.1) is 0 Å². The Kier molecular flexibility index (Phi) is 3.93. The number of hydrogen-bond donors (Lipinski definition) is 1. The highest BCUT2D eigenvalue weighted by Crippen LogP contribution is 2.31. The molecule has 1 saturated heterocycles. The van der Waals surface area contributed by atoms with Gasteiger partial charge in [-0.1, -0.05) is 12.1 Å². The molecular formula is C15H25N3. The Balaban J connectivity index is 2.32. The summed E-state index contributed by atoms with van der Waals surface area (Å²) in [5, 5.41) is 0. The SMILES string of the molecule is CCN(c1cccc(C)c1)C1(CN)CCN(C)C1. The molecule has 1 atom stereocenters. The predicted octanol–water partition coefficient (Wildman–Crippen LogP) is 1.85. The van der Waals surface area contributed by atoms with Crippen LogP contribution in [0.2, 0.25) is 0 Å². The molecule has 1 heterocycles. The molecule has 3 heteroatoms. The van der Waals surface area contributed by atoms with Gasteiger partial charge in [0.15, 0.2) is 0 Å². The summed E-state index contributed by atoms with van der Waals surface area (Å²) in [4.78, 5) is 4.87. The smallest absolute Gasteiger partial charge is 0.0662 e. The van der Waals surface area contributed by atoms with Crippen molar-refractivity contribution in [2.45, 2.75) is 25.8 Å². The van der Waals surface area contributed by atoms with Crippen LogP contribution in [0.1, 0.15) is 18.9 Å². The molecule has 1 aromatic carbocycles. The third-order valence-corrected chi connectivity index (χ3v) is 4.11. The second-order valence-corrected chi connectivity index (χ2v) is 5.50. The van der Waals surface area contributed by atoms with Gasteiger partial charge >= 0.3 is 0 Å². The second-order valence-electron chi connectivity index (χ2n) is 5.50. The molecule has 1 aliphatic heterocycles. The van der Waals surface area contributed by atoms with Crippen LogP contribution in [-0.2, 0) is 0 Å². The summed E-state index contributed by atoms with van der Waals surface area (Å²) in [6, 6.07) is 8.74. The van der Waals surface area contributed by atoms with Gasteiger partial charge in [0, 0.05) is 31.9 Å². The summed E-state index contributed by atoms with van der Waals surface area (Å²) in [5.74, 6) is 0. The van der Waals surface area contributed by atoms with Crippen LogP contribution in [0.3, 0.4) is 0 Å². The minimum Gasteiger partial charge on any atom is -0.364 e. The molecule has 1 aliphatic rings. The lowest BCUT2D eigenvalue weighted by Gasteiger charge is -2.42. The summed E-state index contributed by atoms with van der Waals surface area (Å²) >= 11 is 0. The van der Waals surface area contributed by atoms with Crippen molar-refractivity contribution < 1.29 is 0 Å². The summed E-state index contributed by atoms with van der Waals surface area (Å²) in [7, 11) is 2.18. The molecule has 0 bridgehead atoms. The van der Waals surface area contributed by atoms with E-state index in [1.807, 2.05) is 0 Å². The van der Waals surface area contributed by atoms with E-state index in [1.165, 1.54) is 11.3 Å². The van der Waals surface area contributed by atoms with Crippen LogP contribution < -0.4 is 10.6 Å². The van der Waals surface area contributed by atoms with Crippen molar-refractivity contribution in [2.24, 2.45) is 5.73 Å². The van der Waals surface area contributed by atoms with E-state index in [2.05, 4.69) is 55.0 Å². The van der Waals surface area contributed by atoms with Gasteiger partial charge in [-0.25, -0.2) is 0 Å². The number of nitrogens with two attached hydrogens (primary N) is 1. The maximum atomic E-state index is 6.11. The number of benzene rings is 1. The Labute approximate surface area is 111 Å². The second kappa shape index (κ2) is 5.29. The highest BCUT2D eigenvalue weighted by molar-refractivity contribution is 5.51. The molecule has 1 unspecified atom stereocenters. The minimum absolute atomic E-state index is 0.108. The molecule has 0 saturated carbocycles. The van der Waals surface area contributed by atoms with Crippen LogP contribution in [0.5, 0.6) is 0 Å². The highest BCUT2D eigenvalue weighted by Gasteiger charge is 2.40. The van der Waals surface area contributed by atoms with Gasteiger partial charge < -0.3 is 15.5 Å². The van der Waals surface area contributed by atoms with E-state index in [0.29, 0.717) is 0 Å². The number of nitrogens with zero attached hydrogens (tertiary/aromatic N) is 2. The normalized spacial score (nSPS) is 24.4. The van der Waals surface area contributed by atoms with Crippen molar-refractivity contribution in [1.29, 1.82) is 0 Å². The molecule has 0 amide bonds. The van der Waals surface area contributed by atoms with E-state index in [9.17, 15) is 0 Å². The van der Waals surface area contributed by atoms with E-state index in [4.69, 9.17) is 5.73 Å². The third kappa shape index (κ3) is 2.38. The zero-order valence-corrected chi connectivity index (χ0v) is 11.8. The molecule has 0 spiro atoms.